The summed E-state index contributed by atoms with van der Waals surface area (Å²) in [6.07, 6.45) is 1.93. The Morgan fingerprint density at radius 3 is 2.87 bits per heavy atom. The molecule has 1 fully saturated rings. The van der Waals surface area contributed by atoms with Gasteiger partial charge in [-0.25, -0.2) is 0 Å². The number of aromatic amines is 1. The predicted octanol–water partition coefficient (Wildman–Crippen LogP) is 2.06. The van der Waals surface area contributed by atoms with Crippen LogP contribution in [0.1, 0.15) is 28.7 Å². The van der Waals surface area contributed by atoms with Gasteiger partial charge in [-0.3, -0.25) is 15.0 Å². The maximum atomic E-state index is 5.99. The smallest absolute Gasteiger partial charge is 0.112 e. The van der Waals surface area contributed by atoms with Gasteiger partial charge in [0.15, 0.2) is 0 Å². The lowest BCUT2D eigenvalue weighted by Gasteiger charge is -2.33. The van der Waals surface area contributed by atoms with E-state index in [0.29, 0.717) is 0 Å². The van der Waals surface area contributed by atoms with Crippen molar-refractivity contribution >= 4 is 5.69 Å². The quantitative estimate of drug-likeness (QED) is 0.936. The van der Waals surface area contributed by atoms with E-state index < -0.39 is 0 Å². The number of nitrogens with one attached hydrogen (secondary N) is 1. The van der Waals surface area contributed by atoms with E-state index in [0.717, 1.165) is 43.3 Å². The molecule has 0 radical (unpaired) electrons. The minimum absolute atomic E-state index is 0.0227. The molecule has 3 rings (SSSR count). The fraction of sp³-hybridized carbons (Fsp3) is 0.529. The molecule has 3 heterocycles. The number of H-pyrrole nitrogens is 1. The third-order valence-electron chi connectivity index (χ3n) is 4.28. The van der Waals surface area contributed by atoms with Crippen molar-refractivity contribution in [2.24, 2.45) is 0 Å². The molecule has 0 aliphatic carbocycles. The molecule has 23 heavy (non-hydrogen) atoms. The van der Waals surface area contributed by atoms with E-state index in [2.05, 4.69) is 39.1 Å². The fourth-order valence-electron chi connectivity index (χ4n) is 2.90. The van der Waals surface area contributed by atoms with Gasteiger partial charge in [-0.1, -0.05) is 0 Å². The minimum Gasteiger partial charge on any atom is -0.378 e. The first-order chi connectivity index (χ1) is 11.0. The molecule has 0 unspecified atom stereocenters. The number of anilines is 1. The van der Waals surface area contributed by atoms with Crippen LogP contribution in [0.15, 0.2) is 18.3 Å². The largest absolute Gasteiger partial charge is 0.378 e. The highest BCUT2D eigenvalue weighted by molar-refractivity contribution is 5.47. The zero-order valence-corrected chi connectivity index (χ0v) is 14.3. The van der Waals surface area contributed by atoms with E-state index in [1.165, 1.54) is 11.3 Å². The summed E-state index contributed by atoms with van der Waals surface area (Å²) in [7, 11) is 4.10. The summed E-state index contributed by atoms with van der Waals surface area (Å²) in [5.41, 5.74) is 5.59. The van der Waals surface area contributed by atoms with E-state index in [9.17, 15) is 0 Å². The molecule has 1 saturated heterocycles. The number of rotatable bonds is 4. The number of nitrogens with zero attached hydrogens (tertiary/aromatic N) is 4. The molecule has 2 aromatic rings. The Hall–Kier alpha value is -1.92. The Bertz CT molecular complexity index is 667. The maximum Gasteiger partial charge on any atom is 0.112 e. The van der Waals surface area contributed by atoms with Crippen LogP contribution in [-0.4, -0.2) is 53.9 Å². The molecule has 0 aromatic carbocycles. The van der Waals surface area contributed by atoms with Gasteiger partial charge in [0.1, 0.15) is 6.10 Å². The lowest BCUT2D eigenvalue weighted by atomic mass is 10.1. The second kappa shape index (κ2) is 6.68. The lowest BCUT2D eigenvalue weighted by Crippen LogP contribution is -2.38. The molecule has 0 spiro atoms. The third-order valence-corrected chi connectivity index (χ3v) is 4.28. The van der Waals surface area contributed by atoms with Crippen molar-refractivity contribution in [3.8, 4) is 0 Å². The fourth-order valence-corrected chi connectivity index (χ4v) is 2.90. The highest BCUT2D eigenvalue weighted by Gasteiger charge is 2.24. The van der Waals surface area contributed by atoms with E-state index in [1.54, 1.807) is 0 Å². The highest BCUT2D eigenvalue weighted by Crippen LogP contribution is 2.25. The molecule has 6 nitrogen and oxygen atoms in total. The van der Waals surface area contributed by atoms with Gasteiger partial charge in [0.25, 0.3) is 0 Å². The number of hydrogen-bond donors (Lipinski definition) is 1. The van der Waals surface area contributed by atoms with Crippen LogP contribution < -0.4 is 4.90 Å². The monoisotopic (exact) mass is 315 g/mol. The molecule has 2 aromatic heterocycles. The Morgan fingerprint density at radius 2 is 2.17 bits per heavy atom. The number of pyridine rings is 1. The van der Waals surface area contributed by atoms with Gasteiger partial charge in [0, 0.05) is 56.4 Å². The van der Waals surface area contributed by atoms with E-state index in [-0.39, 0.29) is 6.10 Å². The number of aromatic nitrogens is 3. The molecule has 1 aliphatic rings. The second-order valence-corrected chi connectivity index (χ2v) is 6.40. The molecule has 6 heteroatoms. The highest BCUT2D eigenvalue weighted by atomic mass is 16.5. The van der Waals surface area contributed by atoms with Crippen LogP contribution in [0.4, 0.5) is 5.69 Å². The predicted molar refractivity (Wildman–Crippen MR) is 90.6 cm³/mol. The van der Waals surface area contributed by atoms with Crippen molar-refractivity contribution in [1.82, 2.24) is 20.1 Å². The minimum atomic E-state index is 0.0227. The van der Waals surface area contributed by atoms with Gasteiger partial charge in [-0.05, 0) is 26.0 Å². The molecule has 1 N–H and O–H groups in total. The van der Waals surface area contributed by atoms with Crippen molar-refractivity contribution < 1.29 is 4.74 Å². The summed E-state index contributed by atoms with van der Waals surface area (Å²) in [4.78, 5) is 9.20. The third kappa shape index (κ3) is 3.71. The molecular weight excluding hydrogens is 290 g/mol. The van der Waals surface area contributed by atoms with Crippen molar-refractivity contribution in [2.75, 3.05) is 38.7 Å². The zero-order valence-electron chi connectivity index (χ0n) is 14.3. The Morgan fingerprint density at radius 1 is 1.35 bits per heavy atom. The standard InChI is InChI=1S/C17H25N5O/c1-12-7-15(21(3)4)8-16(19-12)17-11-22(5-6-23-17)10-14-9-18-20-13(14)2/h7-9,17H,5-6,10-11H2,1-4H3,(H,18,20)/t17-/m1/s1. The van der Waals surface area contributed by atoms with Crippen molar-refractivity contribution in [1.29, 1.82) is 0 Å². The molecule has 1 aliphatic heterocycles. The summed E-state index contributed by atoms with van der Waals surface area (Å²) < 4.78 is 5.99. The van der Waals surface area contributed by atoms with Gasteiger partial charge >= 0.3 is 0 Å². The first-order valence-electron chi connectivity index (χ1n) is 8.01. The maximum absolute atomic E-state index is 5.99. The van der Waals surface area contributed by atoms with Crippen molar-refractivity contribution in [3.05, 3.63) is 41.0 Å². The lowest BCUT2D eigenvalue weighted by molar-refractivity contribution is -0.0350. The van der Waals surface area contributed by atoms with Gasteiger partial charge in [0.05, 0.1) is 18.5 Å². The van der Waals surface area contributed by atoms with Crippen LogP contribution in [-0.2, 0) is 11.3 Å². The number of hydrogen-bond acceptors (Lipinski definition) is 5. The Labute approximate surface area is 137 Å². The average molecular weight is 315 g/mol. The van der Waals surface area contributed by atoms with E-state index in [1.807, 2.05) is 27.2 Å². The summed E-state index contributed by atoms with van der Waals surface area (Å²) in [5, 5.41) is 7.11. The first kappa shape index (κ1) is 16.0. The van der Waals surface area contributed by atoms with Crippen LogP contribution in [0.25, 0.3) is 0 Å². The normalized spacial score (nSPS) is 19.0. The van der Waals surface area contributed by atoms with Gasteiger partial charge < -0.3 is 9.64 Å². The summed E-state index contributed by atoms with van der Waals surface area (Å²) in [6.45, 7) is 7.52. The van der Waals surface area contributed by atoms with Crippen molar-refractivity contribution in [3.63, 3.8) is 0 Å². The van der Waals surface area contributed by atoms with Crippen LogP contribution >= 0.6 is 0 Å². The number of morpholine rings is 1. The Kier molecular flexibility index (Phi) is 4.63. The van der Waals surface area contributed by atoms with Crippen molar-refractivity contribution in [2.45, 2.75) is 26.5 Å². The molecule has 0 amide bonds. The first-order valence-corrected chi connectivity index (χ1v) is 8.01. The van der Waals surface area contributed by atoms with Gasteiger partial charge in [0.2, 0.25) is 0 Å². The topological polar surface area (TPSA) is 57.3 Å². The van der Waals surface area contributed by atoms with Crippen LogP contribution in [0.5, 0.6) is 0 Å². The molecule has 1 atom stereocenters. The van der Waals surface area contributed by atoms with Gasteiger partial charge in [-0.15, -0.1) is 0 Å². The Balaban J connectivity index is 1.74. The van der Waals surface area contributed by atoms with Crippen LogP contribution in [0, 0.1) is 13.8 Å². The number of ether oxygens (including phenoxy) is 1. The van der Waals surface area contributed by atoms with Crippen LogP contribution in [0.3, 0.4) is 0 Å². The van der Waals surface area contributed by atoms with E-state index in [4.69, 9.17) is 9.72 Å². The molecule has 0 saturated carbocycles. The number of aryl methyl sites for hydroxylation is 2. The molecular formula is C17H25N5O. The molecule has 124 valence electrons. The van der Waals surface area contributed by atoms with Crippen LogP contribution in [0.2, 0.25) is 0 Å². The SMILES string of the molecule is Cc1cc(N(C)C)cc([C@H]2CN(Cc3cn[nH]c3C)CCO2)n1. The summed E-state index contributed by atoms with van der Waals surface area (Å²) >= 11 is 0. The zero-order chi connectivity index (χ0) is 16.4. The van der Waals surface area contributed by atoms with E-state index >= 15 is 0 Å². The second-order valence-electron chi connectivity index (χ2n) is 6.40. The summed E-state index contributed by atoms with van der Waals surface area (Å²) in [6, 6.07) is 4.23. The average Bonchev–Trinajstić information content (AvgIpc) is 2.92. The van der Waals surface area contributed by atoms with Gasteiger partial charge in [-0.2, -0.15) is 5.10 Å². The summed E-state index contributed by atoms with van der Waals surface area (Å²) in [5.74, 6) is 0. The molecule has 0 bridgehead atoms.